The maximum Gasteiger partial charge on any atom is 0.329 e. The highest BCUT2D eigenvalue weighted by Crippen LogP contribution is 2.15. The van der Waals surface area contributed by atoms with Crippen molar-refractivity contribution in [3.8, 4) is 0 Å². The Balaban J connectivity index is 1.49. The first-order valence-electron chi connectivity index (χ1n) is 20.2. The molecule has 306 valence electrons. The van der Waals surface area contributed by atoms with Crippen LogP contribution in [-0.2, 0) is 56.1 Å². The third-order valence-electron chi connectivity index (χ3n) is 8.95. The van der Waals surface area contributed by atoms with Gasteiger partial charge in [-0.15, -0.1) is 0 Å². The van der Waals surface area contributed by atoms with E-state index in [9.17, 15) is 24.0 Å². The van der Waals surface area contributed by atoms with Gasteiger partial charge in [-0.2, -0.15) is 0 Å². The van der Waals surface area contributed by atoms with E-state index in [-0.39, 0.29) is 63.6 Å². The molecule has 0 aliphatic rings. The minimum absolute atomic E-state index is 0.0166. The van der Waals surface area contributed by atoms with Crippen LogP contribution >= 0.6 is 0 Å². The highest BCUT2D eigenvalue weighted by Gasteiger charge is 2.23. The highest BCUT2D eigenvalue weighted by molar-refractivity contribution is 5.85. The van der Waals surface area contributed by atoms with E-state index < -0.39 is 24.6 Å². The van der Waals surface area contributed by atoms with E-state index in [2.05, 4.69) is 10.6 Å². The Morgan fingerprint density at radius 1 is 0.545 bits per heavy atom. The molecule has 0 saturated carbocycles. The van der Waals surface area contributed by atoms with Crippen LogP contribution in [0.4, 0.5) is 0 Å². The number of carbonyl (C=O) groups excluding carboxylic acids is 4. The molecule has 1 atom stereocenters. The lowest BCUT2D eigenvalue weighted by molar-refractivity contribution is -0.149. The Bertz CT molecular complexity index is 1330. The van der Waals surface area contributed by atoms with Crippen LogP contribution < -0.4 is 10.6 Å². The van der Waals surface area contributed by atoms with Crippen molar-refractivity contribution in [2.24, 2.45) is 0 Å². The average molecular weight is 769 g/mol. The topological polar surface area (TPSA) is 167 Å². The number of unbranched alkanes of at least 4 members (excludes halogenated alkanes) is 13. The Labute approximate surface area is 327 Å². The first-order valence-corrected chi connectivity index (χ1v) is 20.2. The van der Waals surface area contributed by atoms with Gasteiger partial charge >= 0.3 is 17.9 Å². The van der Waals surface area contributed by atoms with Crippen LogP contribution in [0, 0.1) is 0 Å². The van der Waals surface area contributed by atoms with Crippen molar-refractivity contribution in [1.82, 2.24) is 10.6 Å². The summed E-state index contributed by atoms with van der Waals surface area (Å²) in [5.41, 5.74) is 1.84. The summed E-state index contributed by atoms with van der Waals surface area (Å²) >= 11 is 0. The zero-order valence-electron chi connectivity index (χ0n) is 32.6. The Morgan fingerprint density at radius 2 is 1.04 bits per heavy atom. The summed E-state index contributed by atoms with van der Waals surface area (Å²) in [6, 6.07) is 18.1. The van der Waals surface area contributed by atoms with Crippen LogP contribution in [0.2, 0.25) is 0 Å². The number of hydrogen-bond acceptors (Lipinski definition) is 9. The normalized spacial score (nSPS) is 11.4. The molecule has 3 N–H and O–H groups in total. The molecule has 0 bridgehead atoms. The van der Waals surface area contributed by atoms with E-state index in [0.29, 0.717) is 19.4 Å². The maximum absolute atomic E-state index is 12.9. The van der Waals surface area contributed by atoms with Crippen LogP contribution in [0.1, 0.15) is 127 Å². The molecule has 0 aliphatic heterocycles. The number of amides is 2. The van der Waals surface area contributed by atoms with E-state index in [1.165, 1.54) is 44.9 Å². The van der Waals surface area contributed by atoms with Gasteiger partial charge in [-0.05, 0) is 30.4 Å². The Morgan fingerprint density at radius 3 is 1.58 bits per heavy atom. The minimum atomic E-state index is -1.05. The number of rotatable bonds is 34. The molecule has 2 aromatic rings. The van der Waals surface area contributed by atoms with Gasteiger partial charge in [-0.3, -0.25) is 14.4 Å². The van der Waals surface area contributed by atoms with Crippen LogP contribution in [0.25, 0.3) is 0 Å². The first-order chi connectivity index (χ1) is 26.8. The van der Waals surface area contributed by atoms with Crippen LogP contribution in [-0.4, -0.2) is 73.8 Å². The number of esters is 2. The summed E-state index contributed by atoms with van der Waals surface area (Å²) in [5.74, 6) is -2.27. The van der Waals surface area contributed by atoms with Crippen LogP contribution in [0.3, 0.4) is 0 Å². The minimum Gasteiger partial charge on any atom is -0.480 e. The zero-order valence-corrected chi connectivity index (χ0v) is 32.6. The highest BCUT2D eigenvalue weighted by atomic mass is 16.5. The standard InChI is InChI=1S/C43H64N2O10/c46-39(44-29-30-52-31-32-53-35-41(48)49)28-27-38(43(51)55-34-37-23-17-14-18-24-37)45-40(47)25-19-11-9-7-5-3-1-2-4-6-8-10-12-20-26-42(50)54-33-36-21-15-13-16-22-36/h13-18,21-24,38H,1-12,19-20,25-35H2,(H,44,46)(H,45,47)(H,48,49)/t38-/m0/s1. The van der Waals surface area contributed by atoms with E-state index in [1.807, 2.05) is 60.7 Å². The number of carboxylic acids is 1. The predicted octanol–water partition coefficient (Wildman–Crippen LogP) is 7.21. The molecule has 2 rings (SSSR count). The predicted molar refractivity (Wildman–Crippen MR) is 210 cm³/mol. The third kappa shape index (κ3) is 27.0. The molecule has 0 unspecified atom stereocenters. The molecule has 0 spiro atoms. The van der Waals surface area contributed by atoms with Gasteiger partial charge in [0.05, 0.1) is 19.8 Å². The fourth-order valence-electron chi connectivity index (χ4n) is 5.84. The summed E-state index contributed by atoms with van der Waals surface area (Å²) in [6.07, 6.45) is 16.5. The van der Waals surface area contributed by atoms with Crippen molar-refractivity contribution in [2.45, 2.75) is 135 Å². The Kier molecular flexibility index (Phi) is 27.3. The molecule has 2 amide bonds. The van der Waals surface area contributed by atoms with Gasteiger partial charge in [0.15, 0.2) is 0 Å². The second kappa shape index (κ2) is 32.0. The SMILES string of the molecule is O=C(O)COCCOCCNC(=O)CC[C@H](NC(=O)CCCCCCCCCCCCCCCCC(=O)OCc1ccccc1)C(=O)OCc1ccccc1. The van der Waals surface area contributed by atoms with Gasteiger partial charge < -0.3 is 34.7 Å². The first kappa shape index (κ1) is 46.9. The van der Waals surface area contributed by atoms with Crippen LogP contribution in [0.5, 0.6) is 0 Å². The zero-order chi connectivity index (χ0) is 39.6. The van der Waals surface area contributed by atoms with E-state index in [4.69, 9.17) is 24.1 Å². The van der Waals surface area contributed by atoms with Crippen molar-refractivity contribution < 1.29 is 48.0 Å². The summed E-state index contributed by atoms with van der Waals surface area (Å²) in [7, 11) is 0. The van der Waals surface area contributed by atoms with Crippen LogP contribution in [0.15, 0.2) is 60.7 Å². The van der Waals surface area contributed by atoms with Gasteiger partial charge in [0.25, 0.3) is 0 Å². The fourth-order valence-corrected chi connectivity index (χ4v) is 5.84. The molecule has 0 heterocycles. The number of carbonyl (C=O) groups is 5. The maximum atomic E-state index is 12.9. The molecular weight excluding hydrogens is 704 g/mol. The molecule has 12 nitrogen and oxygen atoms in total. The van der Waals surface area contributed by atoms with Gasteiger partial charge in [-0.25, -0.2) is 9.59 Å². The van der Waals surface area contributed by atoms with Crippen molar-refractivity contribution in [1.29, 1.82) is 0 Å². The summed E-state index contributed by atoms with van der Waals surface area (Å²) < 4.78 is 21.0. The number of carboxylic acid groups (broad SMARTS) is 1. The fraction of sp³-hybridized carbons (Fsp3) is 0.605. The number of ether oxygens (including phenoxy) is 4. The molecule has 12 heteroatoms. The smallest absolute Gasteiger partial charge is 0.329 e. The molecule has 0 aromatic heterocycles. The summed E-state index contributed by atoms with van der Waals surface area (Å²) in [5, 5.41) is 14.0. The largest absolute Gasteiger partial charge is 0.480 e. The van der Waals surface area contributed by atoms with Crippen molar-refractivity contribution in [2.75, 3.05) is 33.0 Å². The second-order valence-corrected chi connectivity index (χ2v) is 13.8. The second-order valence-electron chi connectivity index (χ2n) is 13.8. The molecule has 2 aromatic carbocycles. The number of nitrogens with one attached hydrogen (secondary N) is 2. The van der Waals surface area contributed by atoms with E-state index >= 15 is 0 Å². The van der Waals surface area contributed by atoms with Crippen molar-refractivity contribution in [3.63, 3.8) is 0 Å². The third-order valence-corrected chi connectivity index (χ3v) is 8.95. The molecular formula is C43H64N2O10. The molecule has 0 saturated heterocycles. The van der Waals surface area contributed by atoms with Gasteiger partial charge in [0.2, 0.25) is 11.8 Å². The van der Waals surface area contributed by atoms with E-state index in [0.717, 1.165) is 56.1 Å². The number of hydrogen-bond donors (Lipinski definition) is 3. The lowest BCUT2D eigenvalue weighted by Gasteiger charge is -2.18. The average Bonchev–Trinajstić information content (AvgIpc) is 3.19. The van der Waals surface area contributed by atoms with Gasteiger partial charge in [0.1, 0.15) is 25.9 Å². The number of benzene rings is 2. The van der Waals surface area contributed by atoms with E-state index in [1.54, 1.807) is 0 Å². The molecule has 0 fully saturated rings. The van der Waals surface area contributed by atoms with Crippen molar-refractivity contribution >= 4 is 29.7 Å². The molecule has 0 radical (unpaired) electrons. The van der Waals surface area contributed by atoms with Gasteiger partial charge in [0, 0.05) is 25.8 Å². The molecule has 55 heavy (non-hydrogen) atoms. The van der Waals surface area contributed by atoms with Crippen molar-refractivity contribution in [3.05, 3.63) is 71.8 Å². The molecule has 0 aliphatic carbocycles. The number of aliphatic carboxylic acids is 1. The quantitative estimate of drug-likeness (QED) is 0.0489. The monoisotopic (exact) mass is 768 g/mol. The lowest BCUT2D eigenvalue weighted by Crippen LogP contribution is -2.42. The summed E-state index contributed by atoms with van der Waals surface area (Å²) in [6.45, 7) is 0.830. The summed E-state index contributed by atoms with van der Waals surface area (Å²) in [4.78, 5) is 60.4. The lowest BCUT2D eigenvalue weighted by atomic mass is 10.0. The van der Waals surface area contributed by atoms with Gasteiger partial charge in [-0.1, -0.05) is 138 Å². The Hall–Kier alpha value is -4.29.